The quantitative estimate of drug-likeness (QED) is 0.501. The lowest BCUT2D eigenvalue weighted by atomic mass is 9.93. The summed E-state index contributed by atoms with van der Waals surface area (Å²) >= 11 is 0. The van der Waals surface area contributed by atoms with E-state index >= 15 is 0 Å². The average molecular weight is 431 g/mol. The Bertz CT molecular complexity index is 1220. The van der Waals surface area contributed by atoms with Gasteiger partial charge in [-0.1, -0.05) is 38.1 Å². The number of aryl methyl sites for hydroxylation is 1. The third-order valence-corrected chi connectivity index (χ3v) is 6.49. The number of nitrogens with zero attached hydrogens (tertiary/aromatic N) is 5. The Morgan fingerprint density at radius 2 is 1.78 bits per heavy atom. The molecule has 0 radical (unpaired) electrons. The predicted octanol–water partition coefficient (Wildman–Crippen LogP) is 4.61. The number of morpholine rings is 1. The van der Waals surface area contributed by atoms with Crippen LogP contribution in [-0.2, 0) is 4.74 Å². The minimum absolute atomic E-state index is 0.317. The zero-order valence-electron chi connectivity index (χ0n) is 19.2. The molecular weight excluding hydrogens is 400 g/mol. The number of hydrogen-bond donors (Lipinski definition) is 1. The number of rotatable bonds is 5. The van der Waals surface area contributed by atoms with E-state index in [-0.39, 0.29) is 0 Å². The minimum Gasteiger partial charge on any atom is -0.379 e. The van der Waals surface area contributed by atoms with Gasteiger partial charge in [-0.25, -0.2) is 9.50 Å². The van der Waals surface area contributed by atoms with E-state index in [1.54, 1.807) is 6.33 Å². The highest BCUT2D eigenvalue weighted by Crippen LogP contribution is 2.36. The first-order valence-corrected chi connectivity index (χ1v) is 11.3. The number of fused-ring (bicyclic) bond motifs is 1. The van der Waals surface area contributed by atoms with E-state index in [0.717, 1.165) is 60.0 Å². The fourth-order valence-corrected chi connectivity index (χ4v) is 4.68. The third kappa shape index (κ3) is 3.72. The monoisotopic (exact) mass is 430 g/mol. The fraction of sp³-hybridized carbons (Fsp3) is 0.400. The van der Waals surface area contributed by atoms with Gasteiger partial charge in [0.05, 0.1) is 24.6 Å². The Hall–Kier alpha value is -3.03. The van der Waals surface area contributed by atoms with Crippen molar-refractivity contribution in [3.8, 4) is 22.5 Å². The molecule has 4 heterocycles. The molecule has 0 spiro atoms. The lowest BCUT2D eigenvalue weighted by Gasteiger charge is -2.32. The SMILES string of the molecule is Cc1cc(-c2n[nH]c(-c3ccc(C(C)N4CCOCC4)cc3)c2C(C)C)cn2ncnc12. The van der Waals surface area contributed by atoms with Gasteiger partial charge >= 0.3 is 0 Å². The standard InChI is InChI=1S/C25H30N6O/c1-16(2)22-23(20-7-5-19(6-8-20)18(4)30-9-11-32-12-10-30)28-29-24(22)21-13-17(3)25-26-15-27-31(25)14-21/h5-8,13-16,18H,9-12H2,1-4H3,(H,28,29). The minimum atomic E-state index is 0.317. The van der Waals surface area contributed by atoms with Crippen molar-refractivity contribution in [2.45, 2.75) is 39.7 Å². The number of benzene rings is 1. The molecule has 1 aliphatic rings. The van der Waals surface area contributed by atoms with E-state index in [1.807, 2.05) is 10.7 Å². The molecule has 1 N–H and O–H groups in total. The van der Waals surface area contributed by atoms with E-state index in [4.69, 9.17) is 9.84 Å². The molecule has 1 aromatic carbocycles. The molecule has 5 rings (SSSR count). The van der Waals surface area contributed by atoms with Crippen LogP contribution in [0.5, 0.6) is 0 Å². The molecule has 1 fully saturated rings. The number of nitrogens with one attached hydrogen (secondary N) is 1. The van der Waals surface area contributed by atoms with Crippen molar-refractivity contribution < 1.29 is 4.74 Å². The molecule has 166 valence electrons. The van der Waals surface area contributed by atoms with Gasteiger partial charge in [0.1, 0.15) is 6.33 Å². The Morgan fingerprint density at radius 3 is 2.50 bits per heavy atom. The van der Waals surface area contributed by atoms with Gasteiger partial charge in [-0.05, 0) is 42.5 Å². The summed E-state index contributed by atoms with van der Waals surface area (Å²) in [6.07, 6.45) is 3.60. The Balaban J connectivity index is 1.49. The summed E-state index contributed by atoms with van der Waals surface area (Å²) in [6, 6.07) is 11.4. The summed E-state index contributed by atoms with van der Waals surface area (Å²) in [5.41, 5.74) is 8.76. The van der Waals surface area contributed by atoms with Gasteiger partial charge in [0.2, 0.25) is 0 Å². The second-order valence-electron chi connectivity index (χ2n) is 8.90. The fourth-order valence-electron chi connectivity index (χ4n) is 4.68. The molecule has 1 unspecified atom stereocenters. The van der Waals surface area contributed by atoms with Crippen LogP contribution in [0, 0.1) is 6.92 Å². The van der Waals surface area contributed by atoms with Crippen molar-refractivity contribution in [2.24, 2.45) is 0 Å². The number of ether oxygens (including phenoxy) is 1. The third-order valence-electron chi connectivity index (χ3n) is 6.49. The molecule has 0 amide bonds. The highest BCUT2D eigenvalue weighted by Gasteiger charge is 2.22. The van der Waals surface area contributed by atoms with Crippen LogP contribution in [0.2, 0.25) is 0 Å². The van der Waals surface area contributed by atoms with E-state index in [1.165, 1.54) is 11.1 Å². The topological polar surface area (TPSA) is 71.3 Å². The molecule has 1 saturated heterocycles. The summed E-state index contributed by atoms with van der Waals surface area (Å²) in [5, 5.41) is 12.4. The normalized spacial score (nSPS) is 16.2. The largest absolute Gasteiger partial charge is 0.379 e. The van der Waals surface area contributed by atoms with Crippen molar-refractivity contribution in [2.75, 3.05) is 26.3 Å². The molecule has 0 aliphatic carbocycles. The summed E-state index contributed by atoms with van der Waals surface area (Å²) in [6.45, 7) is 12.4. The molecule has 7 heteroatoms. The maximum Gasteiger partial charge on any atom is 0.158 e. The summed E-state index contributed by atoms with van der Waals surface area (Å²) < 4.78 is 7.33. The van der Waals surface area contributed by atoms with Crippen molar-refractivity contribution in [1.29, 1.82) is 0 Å². The van der Waals surface area contributed by atoms with Crippen LogP contribution >= 0.6 is 0 Å². The summed E-state index contributed by atoms with van der Waals surface area (Å²) in [4.78, 5) is 6.81. The van der Waals surface area contributed by atoms with Crippen molar-refractivity contribution >= 4 is 5.65 Å². The predicted molar refractivity (Wildman–Crippen MR) is 126 cm³/mol. The molecule has 7 nitrogen and oxygen atoms in total. The number of aromatic amines is 1. The van der Waals surface area contributed by atoms with Gasteiger partial charge in [-0.15, -0.1) is 0 Å². The molecule has 0 saturated carbocycles. The zero-order valence-corrected chi connectivity index (χ0v) is 19.2. The second kappa shape index (κ2) is 8.48. The van der Waals surface area contributed by atoms with Gasteiger partial charge in [0.15, 0.2) is 5.65 Å². The van der Waals surface area contributed by atoms with Gasteiger partial charge in [-0.2, -0.15) is 10.2 Å². The molecule has 3 aromatic heterocycles. The summed E-state index contributed by atoms with van der Waals surface area (Å²) in [7, 11) is 0. The maximum atomic E-state index is 5.50. The number of hydrogen-bond acceptors (Lipinski definition) is 5. The highest BCUT2D eigenvalue weighted by molar-refractivity contribution is 5.75. The molecule has 32 heavy (non-hydrogen) atoms. The molecule has 4 aromatic rings. The van der Waals surface area contributed by atoms with Crippen LogP contribution in [0.4, 0.5) is 0 Å². The van der Waals surface area contributed by atoms with E-state index < -0.39 is 0 Å². The van der Waals surface area contributed by atoms with Crippen LogP contribution in [0.1, 0.15) is 49.4 Å². The zero-order chi connectivity index (χ0) is 22.2. The van der Waals surface area contributed by atoms with E-state index in [2.05, 4.69) is 78.1 Å². The smallest absolute Gasteiger partial charge is 0.158 e. The molecule has 1 atom stereocenters. The van der Waals surface area contributed by atoms with Gasteiger partial charge in [-0.3, -0.25) is 10.00 Å². The van der Waals surface area contributed by atoms with Gasteiger partial charge in [0.25, 0.3) is 0 Å². The van der Waals surface area contributed by atoms with Crippen LogP contribution < -0.4 is 0 Å². The number of aromatic nitrogens is 5. The van der Waals surface area contributed by atoms with Crippen LogP contribution in [0.25, 0.3) is 28.2 Å². The first-order chi connectivity index (χ1) is 15.5. The lowest BCUT2D eigenvalue weighted by molar-refractivity contribution is 0.0198. The Kier molecular flexibility index (Phi) is 5.53. The highest BCUT2D eigenvalue weighted by atomic mass is 16.5. The molecular formula is C25H30N6O. The Morgan fingerprint density at radius 1 is 1.03 bits per heavy atom. The molecule has 1 aliphatic heterocycles. The lowest BCUT2D eigenvalue weighted by Crippen LogP contribution is -2.37. The van der Waals surface area contributed by atoms with Crippen LogP contribution in [0.15, 0.2) is 42.9 Å². The first kappa shape index (κ1) is 20.8. The number of H-pyrrole nitrogens is 1. The first-order valence-electron chi connectivity index (χ1n) is 11.3. The number of pyridine rings is 1. The van der Waals surface area contributed by atoms with E-state index in [9.17, 15) is 0 Å². The van der Waals surface area contributed by atoms with Crippen molar-refractivity contribution in [1.82, 2.24) is 29.7 Å². The van der Waals surface area contributed by atoms with Crippen LogP contribution in [-0.4, -0.2) is 56.0 Å². The van der Waals surface area contributed by atoms with Crippen molar-refractivity contribution in [3.63, 3.8) is 0 Å². The molecule has 0 bridgehead atoms. The average Bonchev–Trinajstić information content (AvgIpc) is 3.47. The Labute approximate surface area is 188 Å². The maximum absolute atomic E-state index is 5.50. The van der Waals surface area contributed by atoms with Crippen LogP contribution in [0.3, 0.4) is 0 Å². The van der Waals surface area contributed by atoms with E-state index in [0.29, 0.717) is 12.0 Å². The summed E-state index contributed by atoms with van der Waals surface area (Å²) in [5.74, 6) is 0.317. The second-order valence-corrected chi connectivity index (χ2v) is 8.90. The van der Waals surface area contributed by atoms with Crippen molar-refractivity contribution in [3.05, 3.63) is 59.5 Å². The van der Waals surface area contributed by atoms with Gasteiger partial charge in [0, 0.05) is 36.5 Å². The van der Waals surface area contributed by atoms with Gasteiger partial charge < -0.3 is 4.74 Å².